The Hall–Kier alpha value is -2.01. The van der Waals surface area contributed by atoms with Gasteiger partial charge < -0.3 is 10.1 Å². The second kappa shape index (κ2) is 7.84. The van der Waals surface area contributed by atoms with Crippen LogP contribution in [-0.4, -0.2) is 18.3 Å². The molecule has 1 amide bonds. The molecule has 2 aromatic rings. The molecule has 2 rings (SSSR count). The molecule has 0 radical (unpaired) electrons. The number of nitrogens with one attached hydrogen (secondary N) is 1. The normalized spacial score (nSPS) is 11.8. The Bertz CT molecular complexity index is 648. The molecular formula is C17H18FNO2S. The van der Waals surface area contributed by atoms with E-state index in [1.807, 2.05) is 37.4 Å². The van der Waals surface area contributed by atoms with Crippen LogP contribution in [0.15, 0.2) is 53.4 Å². The van der Waals surface area contributed by atoms with Gasteiger partial charge in [0.25, 0.3) is 5.91 Å². The van der Waals surface area contributed by atoms with Crippen molar-refractivity contribution in [3.63, 3.8) is 0 Å². The average Bonchev–Trinajstić information content (AvgIpc) is 2.54. The van der Waals surface area contributed by atoms with E-state index in [0.29, 0.717) is 6.42 Å². The third-order valence-corrected chi connectivity index (χ3v) is 3.93. The topological polar surface area (TPSA) is 38.3 Å². The van der Waals surface area contributed by atoms with E-state index < -0.39 is 11.9 Å². The van der Waals surface area contributed by atoms with Crippen LogP contribution in [0.2, 0.25) is 0 Å². The highest BCUT2D eigenvalue weighted by atomic mass is 32.2. The largest absolute Gasteiger partial charge is 0.478 e. The molecule has 1 unspecified atom stereocenters. The highest BCUT2D eigenvalue weighted by molar-refractivity contribution is 7.98. The van der Waals surface area contributed by atoms with Crippen molar-refractivity contribution in [3.05, 3.63) is 54.3 Å². The van der Waals surface area contributed by atoms with Gasteiger partial charge in [0, 0.05) is 4.90 Å². The van der Waals surface area contributed by atoms with Crippen molar-refractivity contribution in [3.8, 4) is 5.75 Å². The zero-order chi connectivity index (χ0) is 15.9. The van der Waals surface area contributed by atoms with E-state index in [4.69, 9.17) is 4.74 Å². The van der Waals surface area contributed by atoms with Gasteiger partial charge in [-0.1, -0.05) is 31.2 Å². The average molecular weight is 319 g/mol. The number of carbonyl (C=O) groups is 1. The van der Waals surface area contributed by atoms with Crippen molar-refractivity contribution < 1.29 is 13.9 Å². The summed E-state index contributed by atoms with van der Waals surface area (Å²) in [7, 11) is 0. The Labute approximate surface area is 133 Å². The van der Waals surface area contributed by atoms with Gasteiger partial charge in [0.1, 0.15) is 0 Å². The fourth-order valence-electron chi connectivity index (χ4n) is 1.98. The first-order chi connectivity index (χ1) is 10.7. The maximum Gasteiger partial charge on any atom is 0.265 e. The SMILES string of the molecule is CCC(Oc1ccccc1F)C(=O)Nc1ccccc1SC. The second-order valence-corrected chi connectivity index (χ2v) is 5.48. The summed E-state index contributed by atoms with van der Waals surface area (Å²) in [5, 5.41) is 2.84. The number of thioether (sulfide) groups is 1. The van der Waals surface area contributed by atoms with Crippen LogP contribution in [0.4, 0.5) is 10.1 Å². The third-order valence-electron chi connectivity index (χ3n) is 3.13. The van der Waals surface area contributed by atoms with Crippen LogP contribution in [0.1, 0.15) is 13.3 Å². The molecule has 116 valence electrons. The van der Waals surface area contributed by atoms with Gasteiger partial charge in [-0.25, -0.2) is 4.39 Å². The molecule has 0 bridgehead atoms. The van der Waals surface area contributed by atoms with E-state index in [0.717, 1.165) is 10.6 Å². The molecule has 0 aliphatic carbocycles. The minimum Gasteiger partial charge on any atom is -0.478 e. The molecule has 0 aromatic heterocycles. The molecule has 0 saturated carbocycles. The molecule has 1 N–H and O–H groups in total. The Morgan fingerprint density at radius 1 is 1.23 bits per heavy atom. The van der Waals surface area contributed by atoms with E-state index >= 15 is 0 Å². The lowest BCUT2D eigenvalue weighted by Crippen LogP contribution is -2.32. The number of rotatable bonds is 6. The van der Waals surface area contributed by atoms with E-state index in [-0.39, 0.29) is 11.7 Å². The van der Waals surface area contributed by atoms with Gasteiger partial charge in [-0.05, 0) is 36.9 Å². The van der Waals surface area contributed by atoms with Gasteiger partial charge in [-0.15, -0.1) is 11.8 Å². The lowest BCUT2D eigenvalue weighted by molar-refractivity contribution is -0.122. The Kier molecular flexibility index (Phi) is 5.83. The molecule has 5 heteroatoms. The van der Waals surface area contributed by atoms with E-state index in [2.05, 4.69) is 5.32 Å². The van der Waals surface area contributed by atoms with Gasteiger partial charge in [0.05, 0.1) is 5.69 Å². The standard InChI is InChI=1S/C17H18FNO2S/c1-3-14(21-15-10-6-4-8-12(15)18)17(20)19-13-9-5-7-11-16(13)22-2/h4-11,14H,3H2,1-2H3,(H,19,20). The Balaban J connectivity index is 2.11. The van der Waals surface area contributed by atoms with E-state index in [1.54, 1.807) is 23.9 Å². The van der Waals surface area contributed by atoms with E-state index in [9.17, 15) is 9.18 Å². The predicted octanol–water partition coefficient (Wildman–Crippen LogP) is 4.34. The summed E-state index contributed by atoms with van der Waals surface area (Å²) in [6.07, 6.45) is 1.64. The van der Waals surface area contributed by atoms with Gasteiger partial charge in [-0.3, -0.25) is 4.79 Å². The minimum atomic E-state index is -0.744. The van der Waals surface area contributed by atoms with Crippen molar-refractivity contribution in [1.82, 2.24) is 0 Å². The summed E-state index contributed by atoms with van der Waals surface area (Å²) in [4.78, 5) is 13.3. The van der Waals surface area contributed by atoms with Gasteiger partial charge in [0.2, 0.25) is 0 Å². The molecule has 2 aromatic carbocycles. The summed E-state index contributed by atoms with van der Waals surface area (Å²) in [6.45, 7) is 1.82. The zero-order valence-corrected chi connectivity index (χ0v) is 13.3. The van der Waals surface area contributed by atoms with Crippen LogP contribution >= 0.6 is 11.8 Å². The number of hydrogen-bond acceptors (Lipinski definition) is 3. The summed E-state index contributed by atoms with van der Waals surface area (Å²) >= 11 is 1.55. The molecule has 0 heterocycles. The van der Waals surface area contributed by atoms with Gasteiger partial charge >= 0.3 is 0 Å². The number of hydrogen-bond donors (Lipinski definition) is 1. The van der Waals surface area contributed by atoms with Crippen molar-refractivity contribution in [1.29, 1.82) is 0 Å². The molecule has 0 fully saturated rings. The number of halogens is 1. The molecule has 0 aliphatic rings. The van der Waals surface area contributed by atoms with Crippen LogP contribution in [-0.2, 0) is 4.79 Å². The third kappa shape index (κ3) is 4.01. The Morgan fingerprint density at radius 2 is 1.91 bits per heavy atom. The molecule has 0 spiro atoms. The van der Waals surface area contributed by atoms with Crippen molar-refractivity contribution >= 4 is 23.4 Å². The predicted molar refractivity (Wildman–Crippen MR) is 88.0 cm³/mol. The second-order valence-electron chi connectivity index (χ2n) is 4.63. The highest BCUT2D eigenvalue weighted by Gasteiger charge is 2.20. The zero-order valence-electron chi connectivity index (χ0n) is 12.5. The van der Waals surface area contributed by atoms with Crippen LogP contribution < -0.4 is 10.1 Å². The number of benzene rings is 2. The first-order valence-corrected chi connectivity index (χ1v) is 8.23. The first-order valence-electron chi connectivity index (χ1n) is 7.00. The van der Waals surface area contributed by atoms with Crippen LogP contribution in [0.25, 0.3) is 0 Å². The van der Waals surface area contributed by atoms with Gasteiger partial charge in [-0.2, -0.15) is 0 Å². The molecule has 0 aliphatic heterocycles. The van der Waals surface area contributed by atoms with Crippen molar-refractivity contribution in [2.45, 2.75) is 24.3 Å². The number of anilines is 1. The maximum absolute atomic E-state index is 13.6. The molecule has 0 saturated heterocycles. The van der Waals surface area contributed by atoms with Crippen LogP contribution in [0, 0.1) is 5.82 Å². The quantitative estimate of drug-likeness (QED) is 0.805. The smallest absolute Gasteiger partial charge is 0.265 e. The van der Waals surface area contributed by atoms with Crippen molar-refractivity contribution in [2.75, 3.05) is 11.6 Å². The lowest BCUT2D eigenvalue weighted by Gasteiger charge is -2.18. The number of carbonyl (C=O) groups excluding carboxylic acids is 1. The van der Waals surface area contributed by atoms with Crippen molar-refractivity contribution in [2.24, 2.45) is 0 Å². The molecule has 1 atom stereocenters. The van der Waals surface area contributed by atoms with Gasteiger partial charge in [0.15, 0.2) is 17.7 Å². The Morgan fingerprint density at radius 3 is 2.59 bits per heavy atom. The highest BCUT2D eigenvalue weighted by Crippen LogP contribution is 2.25. The lowest BCUT2D eigenvalue weighted by atomic mass is 10.2. The number of ether oxygens (including phenoxy) is 1. The summed E-state index contributed by atoms with van der Waals surface area (Å²) in [6, 6.07) is 13.6. The molecular weight excluding hydrogens is 301 g/mol. The fraction of sp³-hybridized carbons (Fsp3) is 0.235. The first kappa shape index (κ1) is 16.4. The van der Waals surface area contributed by atoms with Crippen LogP contribution in [0.5, 0.6) is 5.75 Å². The van der Waals surface area contributed by atoms with Crippen LogP contribution in [0.3, 0.4) is 0 Å². The fourth-order valence-corrected chi connectivity index (χ4v) is 2.53. The monoisotopic (exact) mass is 319 g/mol. The molecule has 3 nitrogen and oxygen atoms in total. The summed E-state index contributed by atoms with van der Waals surface area (Å²) in [5.41, 5.74) is 0.732. The maximum atomic E-state index is 13.6. The minimum absolute atomic E-state index is 0.0858. The number of para-hydroxylation sites is 2. The summed E-state index contributed by atoms with van der Waals surface area (Å²) < 4.78 is 19.1. The summed E-state index contributed by atoms with van der Waals surface area (Å²) in [5.74, 6) is -0.673. The number of amides is 1. The molecule has 22 heavy (non-hydrogen) atoms. The van der Waals surface area contributed by atoms with E-state index in [1.165, 1.54) is 12.1 Å².